The first-order valence-corrected chi connectivity index (χ1v) is 10.3. The molecule has 0 spiro atoms. The standard InChI is InChI=1S/C21H26FN5O4/c1-30-13-19(28)25-7-3-4-15(11-25)20-24-23-18-12-26(8-9-27(18)20)21(29)14-5-6-17(31-2)16(22)10-14/h5-6,10,15H,3-4,7-9,11-13H2,1-2H3. The second-order valence-electron chi connectivity index (χ2n) is 7.81. The molecule has 2 amide bonds. The van der Waals surface area contributed by atoms with E-state index in [9.17, 15) is 14.0 Å². The van der Waals surface area contributed by atoms with E-state index in [2.05, 4.69) is 10.2 Å². The number of carbonyl (C=O) groups is 2. The van der Waals surface area contributed by atoms with E-state index in [1.807, 2.05) is 9.47 Å². The fourth-order valence-corrected chi connectivity index (χ4v) is 4.27. The summed E-state index contributed by atoms with van der Waals surface area (Å²) in [5.74, 6) is 0.913. The average Bonchev–Trinajstić information content (AvgIpc) is 3.22. The number of aromatic nitrogens is 3. The number of methoxy groups -OCH3 is 2. The molecule has 10 heteroatoms. The monoisotopic (exact) mass is 431 g/mol. The highest BCUT2D eigenvalue weighted by atomic mass is 19.1. The zero-order valence-corrected chi connectivity index (χ0v) is 17.7. The third-order valence-corrected chi connectivity index (χ3v) is 5.87. The molecule has 1 unspecified atom stereocenters. The van der Waals surface area contributed by atoms with Gasteiger partial charge in [-0.05, 0) is 31.0 Å². The van der Waals surface area contributed by atoms with E-state index >= 15 is 0 Å². The normalized spacial score (nSPS) is 18.6. The van der Waals surface area contributed by atoms with Crippen molar-refractivity contribution in [2.45, 2.75) is 31.8 Å². The van der Waals surface area contributed by atoms with Crippen molar-refractivity contribution in [2.24, 2.45) is 0 Å². The second kappa shape index (κ2) is 9.01. The van der Waals surface area contributed by atoms with E-state index in [4.69, 9.17) is 9.47 Å². The van der Waals surface area contributed by atoms with Crippen molar-refractivity contribution >= 4 is 11.8 Å². The van der Waals surface area contributed by atoms with Crippen molar-refractivity contribution < 1.29 is 23.5 Å². The van der Waals surface area contributed by atoms with Gasteiger partial charge in [0, 0.05) is 44.8 Å². The minimum Gasteiger partial charge on any atom is -0.494 e. The molecule has 0 radical (unpaired) electrons. The highest BCUT2D eigenvalue weighted by molar-refractivity contribution is 5.94. The molecule has 0 N–H and O–H groups in total. The first kappa shape index (κ1) is 21.2. The van der Waals surface area contributed by atoms with Crippen LogP contribution in [0.3, 0.4) is 0 Å². The zero-order valence-electron chi connectivity index (χ0n) is 17.7. The van der Waals surface area contributed by atoms with Crippen LogP contribution in [0, 0.1) is 5.82 Å². The van der Waals surface area contributed by atoms with Gasteiger partial charge in [-0.15, -0.1) is 10.2 Å². The van der Waals surface area contributed by atoms with Gasteiger partial charge in [-0.3, -0.25) is 9.59 Å². The van der Waals surface area contributed by atoms with E-state index < -0.39 is 5.82 Å². The van der Waals surface area contributed by atoms with E-state index in [0.29, 0.717) is 32.0 Å². The predicted octanol–water partition coefficient (Wildman–Crippen LogP) is 1.43. The van der Waals surface area contributed by atoms with Gasteiger partial charge in [-0.2, -0.15) is 0 Å². The SMILES string of the molecule is COCC(=O)N1CCCC(c2nnc3n2CCN(C(=O)c2ccc(OC)c(F)c2)C3)C1. The Morgan fingerprint density at radius 3 is 2.74 bits per heavy atom. The summed E-state index contributed by atoms with van der Waals surface area (Å²) in [4.78, 5) is 28.5. The first-order valence-electron chi connectivity index (χ1n) is 10.3. The molecule has 0 bridgehead atoms. The number of likely N-dealkylation sites (tertiary alicyclic amines) is 1. The molecule has 2 aliphatic heterocycles. The van der Waals surface area contributed by atoms with Crippen molar-refractivity contribution in [3.05, 3.63) is 41.2 Å². The van der Waals surface area contributed by atoms with Gasteiger partial charge < -0.3 is 23.8 Å². The molecule has 0 saturated carbocycles. The van der Waals surface area contributed by atoms with Crippen LogP contribution >= 0.6 is 0 Å². The number of carbonyl (C=O) groups excluding carboxylic acids is 2. The maximum absolute atomic E-state index is 14.0. The van der Waals surface area contributed by atoms with Gasteiger partial charge in [0.25, 0.3) is 5.91 Å². The highest BCUT2D eigenvalue weighted by Crippen LogP contribution is 2.28. The van der Waals surface area contributed by atoms with Gasteiger partial charge in [-0.25, -0.2) is 4.39 Å². The molecule has 9 nitrogen and oxygen atoms in total. The number of piperidine rings is 1. The number of rotatable bonds is 5. The molecule has 1 fully saturated rings. The molecule has 166 valence electrons. The summed E-state index contributed by atoms with van der Waals surface area (Å²) in [6.45, 7) is 2.73. The van der Waals surface area contributed by atoms with Crippen LogP contribution in [0.4, 0.5) is 4.39 Å². The Morgan fingerprint density at radius 2 is 2.00 bits per heavy atom. The molecular formula is C21H26FN5O4. The molecule has 4 rings (SSSR count). The van der Waals surface area contributed by atoms with Crippen molar-refractivity contribution in [2.75, 3.05) is 40.5 Å². The summed E-state index contributed by atoms with van der Waals surface area (Å²) in [5.41, 5.74) is 0.270. The van der Waals surface area contributed by atoms with Gasteiger partial charge in [0.1, 0.15) is 12.4 Å². The number of hydrogen-bond donors (Lipinski definition) is 0. The smallest absolute Gasteiger partial charge is 0.254 e. The number of fused-ring (bicyclic) bond motifs is 1. The average molecular weight is 431 g/mol. The Bertz CT molecular complexity index is 979. The Kier molecular flexibility index (Phi) is 6.17. The van der Waals surface area contributed by atoms with Gasteiger partial charge >= 0.3 is 0 Å². The maximum Gasteiger partial charge on any atom is 0.254 e. The van der Waals surface area contributed by atoms with Crippen LogP contribution < -0.4 is 4.74 Å². The first-order chi connectivity index (χ1) is 15.0. The van der Waals surface area contributed by atoms with E-state index in [0.717, 1.165) is 25.2 Å². The maximum atomic E-state index is 14.0. The summed E-state index contributed by atoms with van der Waals surface area (Å²) in [7, 11) is 2.90. The summed E-state index contributed by atoms with van der Waals surface area (Å²) >= 11 is 0. The minimum atomic E-state index is -0.569. The lowest BCUT2D eigenvalue weighted by Crippen LogP contribution is -2.42. The van der Waals surface area contributed by atoms with Gasteiger partial charge in [-0.1, -0.05) is 0 Å². The number of benzene rings is 1. The van der Waals surface area contributed by atoms with E-state index in [-0.39, 0.29) is 35.7 Å². The Morgan fingerprint density at radius 1 is 1.16 bits per heavy atom. The summed E-state index contributed by atoms with van der Waals surface area (Å²) in [6, 6.07) is 4.20. The van der Waals surface area contributed by atoms with Crippen LogP contribution in [-0.4, -0.2) is 76.8 Å². The molecule has 31 heavy (non-hydrogen) atoms. The Balaban J connectivity index is 1.46. The molecular weight excluding hydrogens is 405 g/mol. The lowest BCUT2D eigenvalue weighted by atomic mass is 9.97. The Labute approximate surface area is 179 Å². The predicted molar refractivity (Wildman–Crippen MR) is 108 cm³/mol. The van der Waals surface area contributed by atoms with Crippen LogP contribution in [0.2, 0.25) is 0 Å². The molecule has 1 aromatic carbocycles. The lowest BCUT2D eigenvalue weighted by Gasteiger charge is -2.33. The van der Waals surface area contributed by atoms with Gasteiger partial charge in [0.05, 0.1) is 13.7 Å². The zero-order chi connectivity index (χ0) is 22.0. The van der Waals surface area contributed by atoms with Crippen LogP contribution in [0.5, 0.6) is 5.75 Å². The molecule has 1 aromatic heterocycles. The minimum absolute atomic E-state index is 0.0194. The molecule has 1 saturated heterocycles. The summed E-state index contributed by atoms with van der Waals surface area (Å²) in [5, 5.41) is 8.70. The van der Waals surface area contributed by atoms with Crippen LogP contribution in [0.15, 0.2) is 18.2 Å². The van der Waals surface area contributed by atoms with Crippen LogP contribution in [0.1, 0.15) is 40.8 Å². The van der Waals surface area contributed by atoms with Gasteiger partial charge in [0.15, 0.2) is 17.4 Å². The molecule has 2 aromatic rings. The molecule has 2 aliphatic rings. The second-order valence-corrected chi connectivity index (χ2v) is 7.81. The third-order valence-electron chi connectivity index (χ3n) is 5.87. The Hall–Kier alpha value is -3.01. The third kappa shape index (κ3) is 4.25. The molecule has 0 aliphatic carbocycles. The van der Waals surface area contributed by atoms with E-state index in [1.54, 1.807) is 11.0 Å². The van der Waals surface area contributed by atoms with Crippen LogP contribution in [-0.2, 0) is 22.6 Å². The molecule has 3 heterocycles. The summed E-state index contributed by atoms with van der Waals surface area (Å²) < 4.78 is 25.9. The number of halogens is 1. The summed E-state index contributed by atoms with van der Waals surface area (Å²) in [6.07, 6.45) is 1.83. The fourth-order valence-electron chi connectivity index (χ4n) is 4.27. The van der Waals surface area contributed by atoms with Gasteiger partial charge in [0.2, 0.25) is 5.91 Å². The topological polar surface area (TPSA) is 89.8 Å². The number of ether oxygens (including phenoxy) is 2. The number of amides is 2. The highest BCUT2D eigenvalue weighted by Gasteiger charge is 2.32. The number of nitrogens with zero attached hydrogens (tertiary/aromatic N) is 5. The van der Waals surface area contributed by atoms with Crippen molar-refractivity contribution in [3.8, 4) is 5.75 Å². The van der Waals surface area contributed by atoms with Crippen molar-refractivity contribution in [1.82, 2.24) is 24.6 Å². The van der Waals surface area contributed by atoms with Crippen LogP contribution in [0.25, 0.3) is 0 Å². The largest absolute Gasteiger partial charge is 0.494 e. The van der Waals surface area contributed by atoms with Crippen molar-refractivity contribution in [3.63, 3.8) is 0 Å². The number of hydrogen-bond acceptors (Lipinski definition) is 6. The quantitative estimate of drug-likeness (QED) is 0.712. The molecule has 1 atom stereocenters. The fraction of sp³-hybridized carbons (Fsp3) is 0.524. The lowest BCUT2D eigenvalue weighted by molar-refractivity contribution is -0.136. The van der Waals surface area contributed by atoms with Crippen molar-refractivity contribution in [1.29, 1.82) is 0 Å². The van der Waals surface area contributed by atoms with E-state index in [1.165, 1.54) is 26.4 Å².